The summed E-state index contributed by atoms with van der Waals surface area (Å²) in [6.07, 6.45) is 4.14. The largest absolute Gasteiger partial charge is 0.315 e. The van der Waals surface area contributed by atoms with Crippen LogP contribution in [0, 0.1) is 0 Å². The Labute approximate surface area is 76.3 Å². The van der Waals surface area contributed by atoms with Gasteiger partial charge in [-0.3, -0.25) is 4.90 Å². The highest BCUT2D eigenvalue weighted by Gasteiger charge is 2.29. The van der Waals surface area contributed by atoms with Crippen LogP contribution in [0.2, 0.25) is 0 Å². The first-order valence-corrected chi connectivity index (χ1v) is 5.24. The predicted octanol–water partition coefficient (Wildman–Crippen LogP) is 1.47. The van der Waals surface area contributed by atoms with Crippen LogP contribution in [0.3, 0.4) is 0 Å². The second kappa shape index (κ2) is 4.83. The first-order chi connectivity index (χ1) is 5.83. The summed E-state index contributed by atoms with van der Waals surface area (Å²) < 4.78 is 0. The van der Waals surface area contributed by atoms with E-state index in [2.05, 4.69) is 31.1 Å². The van der Waals surface area contributed by atoms with Crippen molar-refractivity contribution in [2.24, 2.45) is 0 Å². The SMILES string of the molecule is CCN(CC)[C@@H]1CCC[C@H]1NC. The summed E-state index contributed by atoms with van der Waals surface area (Å²) in [5.41, 5.74) is 0. The van der Waals surface area contributed by atoms with E-state index in [-0.39, 0.29) is 0 Å². The molecule has 1 saturated carbocycles. The van der Waals surface area contributed by atoms with E-state index in [1.165, 1.54) is 32.4 Å². The maximum Gasteiger partial charge on any atom is 0.0249 e. The maximum atomic E-state index is 3.42. The van der Waals surface area contributed by atoms with Crippen molar-refractivity contribution in [3.8, 4) is 0 Å². The van der Waals surface area contributed by atoms with E-state index in [9.17, 15) is 0 Å². The first-order valence-electron chi connectivity index (χ1n) is 5.24. The molecular weight excluding hydrogens is 148 g/mol. The van der Waals surface area contributed by atoms with Crippen LogP contribution in [0.25, 0.3) is 0 Å². The third-order valence-corrected chi connectivity index (χ3v) is 3.13. The lowest BCUT2D eigenvalue weighted by atomic mass is 10.1. The van der Waals surface area contributed by atoms with Gasteiger partial charge in [-0.05, 0) is 33.0 Å². The van der Waals surface area contributed by atoms with Crippen LogP contribution in [0.1, 0.15) is 33.1 Å². The molecule has 1 N–H and O–H groups in total. The lowest BCUT2D eigenvalue weighted by molar-refractivity contribution is 0.193. The molecule has 0 heterocycles. The highest BCUT2D eigenvalue weighted by Crippen LogP contribution is 2.23. The Morgan fingerprint density at radius 2 is 1.92 bits per heavy atom. The minimum atomic E-state index is 0.741. The predicted molar refractivity (Wildman–Crippen MR) is 53.4 cm³/mol. The molecule has 0 bridgehead atoms. The summed E-state index contributed by atoms with van der Waals surface area (Å²) in [6, 6.07) is 1.54. The molecule has 0 saturated heterocycles. The Morgan fingerprint density at radius 3 is 2.42 bits per heavy atom. The molecule has 1 aliphatic carbocycles. The molecule has 0 unspecified atom stereocenters. The van der Waals surface area contributed by atoms with Crippen LogP contribution < -0.4 is 5.32 Å². The molecule has 0 aromatic heterocycles. The second-order valence-corrected chi connectivity index (χ2v) is 3.61. The van der Waals surface area contributed by atoms with Gasteiger partial charge in [0.2, 0.25) is 0 Å². The molecule has 2 nitrogen and oxygen atoms in total. The van der Waals surface area contributed by atoms with Gasteiger partial charge in [0.1, 0.15) is 0 Å². The van der Waals surface area contributed by atoms with E-state index in [1.807, 2.05) is 0 Å². The highest BCUT2D eigenvalue weighted by molar-refractivity contribution is 4.88. The fraction of sp³-hybridized carbons (Fsp3) is 1.00. The zero-order chi connectivity index (χ0) is 8.97. The van der Waals surface area contributed by atoms with E-state index < -0.39 is 0 Å². The van der Waals surface area contributed by atoms with Crippen molar-refractivity contribution in [2.45, 2.75) is 45.2 Å². The molecular formula is C10H22N2. The molecule has 1 fully saturated rings. The number of nitrogens with zero attached hydrogens (tertiary/aromatic N) is 1. The molecule has 1 rings (SSSR count). The van der Waals surface area contributed by atoms with Crippen molar-refractivity contribution in [1.82, 2.24) is 10.2 Å². The van der Waals surface area contributed by atoms with Gasteiger partial charge >= 0.3 is 0 Å². The van der Waals surface area contributed by atoms with Gasteiger partial charge in [0.15, 0.2) is 0 Å². The highest BCUT2D eigenvalue weighted by atomic mass is 15.2. The van der Waals surface area contributed by atoms with Crippen LogP contribution in [-0.2, 0) is 0 Å². The maximum absolute atomic E-state index is 3.42. The van der Waals surface area contributed by atoms with Gasteiger partial charge < -0.3 is 5.32 Å². The average molecular weight is 170 g/mol. The fourth-order valence-corrected chi connectivity index (χ4v) is 2.41. The summed E-state index contributed by atoms with van der Waals surface area (Å²) in [7, 11) is 2.09. The van der Waals surface area contributed by atoms with Crippen LogP contribution >= 0.6 is 0 Å². The second-order valence-electron chi connectivity index (χ2n) is 3.61. The zero-order valence-corrected chi connectivity index (χ0v) is 8.64. The van der Waals surface area contributed by atoms with Crippen LogP contribution in [0.15, 0.2) is 0 Å². The van der Waals surface area contributed by atoms with E-state index in [0.717, 1.165) is 12.1 Å². The molecule has 2 atom stereocenters. The lowest BCUT2D eigenvalue weighted by Crippen LogP contribution is -2.45. The van der Waals surface area contributed by atoms with Crippen molar-refractivity contribution < 1.29 is 0 Å². The number of hydrogen-bond donors (Lipinski definition) is 1. The molecule has 0 radical (unpaired) electrons. The van der Waals surface area contributed by atoms with Crippen LogP contribution in [0.5, 0.6) is 0 Å². The Hall–Kier alpha value is -0.0800. The summed E-state index contributed by atoms with van der Waals surface area (Å²) in [4.78, 5) is 2.58. The summed E-state index contributed by atoms with van der Waals surface area (Å²) in [5, 5.41) is 3.42. The van der Waals surface area contributed by atoms with Gasteiger partial charge in [0.25, 0.3) is 0 Å². The average Bonchev–Trinajstić information content (AvgIpc) is 2.55. The number of rotatable bonds is 4. The van der Waals surface area contributed by atoms with E-state index in [4.69, 9.17) is 0 Å². The van der Waals surface area contributed by atoms with Gasteiger partial charge in [0.05, 0.1) is 0 Å². The summed E-state index contributed by atoms with van der Waals surface area (Å²) in [5.74, 6) is 0. The fourth-order valence-electron chi connectivity index (χ4n) is 2.41. The van der Waals surface area contributed by atoms with E-state index in [1.54, 1.807) is 0 Å². The minimum Gasteiger partial charge on any atom is -0.315 e. The smallest absolute Gasteiger partial charge is 0.0249 e. The lowest BCUT2D eigenvalue weighted by Gasteiger charge is -2.30. The monoisotopic (exact) mass is 170 g/mol. The van der Waals surface area contributed by atoms with Crippen molar-refractivity contribution in [3.05, 3.63) is 0 Å². The van der Waals surface area contributed by atoms with Gasteiger partial charge in [-0.1, -0.05) is 20.3 Å². The molecule has 0 aliphatic heterocycles. The Kier molecular flexibility index (Phi) is 4.02. The Morgan fingerprint density at radius 1 is 1.25 bits per heavy atom. The summed E-state index contributed by atoms with van der Waals surface area (Å²) in [6.45, 7) is 6.90. The van der Waals surface area contributed by atoms with Crippen molar-refractivity contribution >= 4 is 0 Å². The Balaban J connectivity index is 2.47. The molecule has 0 aromatic rings. The molecule has 12 heavy (non-hydrogen) atoms. The third kappa shape index (κ3) is 1.99. The van der Waals surface area contributed by atoms with Crippen molar-refractivity contribution in [2.75, 3.05) is 20.1 Å². The van der Waals surface area contributed by atoms with E-state index in [0.29, 0.717) is 0 Å². The molecule has 0 amide bonds. The zero-order valence-electron chi connectivity index (χ0n) is 8.64. The molecule has 1 aliphatic rings. The van der Waals surface area contributed by atoms with Gasteiger partial charge in [0, 0.05) is 12.1 Å². The minimum absolute atomic E-state index is 0.741. The van der Waals surface area contributed by atoms with Gasteiger partial charge in [-0.2, -0.15) is 0 Å². The van der Waals surface area contributed by atoms with E-state index >= 15 is 0 Å². The Bertz CT molecular complexity index is 121. The summed E-state index contributed by atoms with van der Waals surface area (Å²) >= 11 is 0. The standard InChI is InChI=1S/C10H22N2/c1-4-12(5-2)10-8-6-7-9(10)11-3/h9-11H,4-8H2,1-3H3/t9-,10-/m1/s1. The van der Waals surface area contributed by atoms with Crippen molar-refractivity contribution in [3.63, 3.8) is 0 Å². The normalized spacial score (nSPS) is 30.0. The van der Waals surface area contributed by atoms with Crippen LogP contribution in [-0.4, -0.2) is 37.1 Å². The number of hydrogen-bond acceptors (Lipinski definition) is 2. The van der Waals surface area contributed by atoms with Gasteiger partial charge in [-0.15, -0.1) is 0 Å². The van der Waals surface area contributed by atoms with Crippen molar-refractivity contribution in [1.29, 1.82) is 0 Å². The van der Waals surface area contributed by atoms with Crippen LogP contribution in [0.4, 0.5) is 0 Å². The van der Waals surface area contributed by atoms with Gasteiger partial charge in [-0.25, -0.2) is 0 Å². The quantitative estimate of drug-likeness (QED) is 0.687. The number of likely N-dealkylation sites (N-methyl/N-ethyl adjacent to an activating group) is 2. The first kappa shape index (κ1) is 10.0. The molecule has 0 aromatic carbocycles. The number of nitrogens with one attached hydrogen (secondary N) is 1. The molecule has 72 valence electrons. The molecule has 2 heteroatoms. The molecule has 0 spiro atoms. The third-order valence-electron chi connectivity index (χ3n) is 3.13. The topological polar surface area (TPSA) is 15.3 Å².